The normalized spacial score (nSPS) is 16.0. The SMILES string of the molecule is Cc1ccc2c(c1)C(C)(C)C(=CC=CC=CC1=[N+](CCCCCC(=O)O)c3ccc(S(=O)(=O)O)cc3C1(C)C)N2CCOCCOCCOCCOCc1cc([N+](=O)[O-])cc([N+](=O)[O-])c1. The average molecular weight is 920 g/mol. The number of nitro benzene ring substituents is 2. The maximum absolute atomic E-state index is 12.1. The fraction of sp³-hybridized carbons (Fsp3) is 0.447. The molecule has 3 aromatic rings. The van der Waals surface area contributed by atoms with Crippen LogP contribution < -0.4 is 4.90 Å². The number of benzene rings is 3. The minimum absolute atomic E-state index is 0.0336. The summed E-state index contributed by atoms with van der Waals surface area (Å²) in [4.78, 5) is 34.0. The number of hydrogen-bond donors (Lipinski definition) is 2. The Bertz CT molecular complexity index is 2430. The van der Waals surface area contributed by atoms with E-state index in [9.17, 15) is 38.0 Å². The highest BCUT2D eigenvalue weighted by molar-refractivity contribution is 7.85. The Morgan fingerprint density at radius 2 is 1.40 bits per heavy atom. The van der Waals surface area contributed by atoms with Gasteiger partial charge < -0.3 is 29.0 Å². The van der Waals surface area contributed by atoms with Crippen LogP contribution in [0.5, 0.6) is 0 Å². The van der Waals surface area contributed by atoms with E-state index in [2.05, 4.69) is 54.5 Å². The van der Waals surface area contributed by atoms with Gasteiger partial charge in [-0.1, -0.05) is 49.8 Å². The molecule has 0 fully saturated rings. The number of aliphatic carboxylic acids is 1. The third-order valence-electron chi connectivity index (χ3n) is 11.4. The summed E-state index contributed by atoms with van der Waals surface area (Å²) in [5.41, 5.74) is 5.89. The summed E-state index contributed by atoms with van der Waals surface area (Å²) in [7, 11) is -4.40. The van der Waals surface area contributed by atoms with Crippen molar-refractivity contribution in [3.8, 4) is 0 Å². The number of unbranched alkanes of at least 4 members (excludes halogenated alkanes) is 2. The number of allylic oxidation sites excluding steroid dienone is 6. The van der Waals surface area contributed by atoms with Gasteiger partial charge in [0.05, 0.1) is 79.1 Å². The molecule has 65 heavy (non-hydrogen) atoms. The van der Waals surface area contributed by atoms with Gasteiger partial charge in [0, 0.05) is 66.0 Å². The van der Waals surface area contributed by atoms with Gasteiger partial charge in [-0.2, -0.15) is 13.0 Å². The number of fused-ring (bicyclic) bond motifs is 2. The molecule has 0 amide bonds. The molecule has 0 unspecified atom stereocenters. The number of carboxylic acids is 1. The summed E-state index contributed by atoms with van der Waals surface area (Å²) < 4.78 is 58.7. The molecule has 350 valence electrons. The fourth-order valence-electron chi connectivity index (χ4n) is 8.12. The zero-order valence-electron chi connectivity index (χ0n) is 37.6. The Kier molecular flexibility index (Phi) is 17.4. The van der Waals surface area contributed by atoms with E-state index in [0.717, 1.165) is 47.3 Å². The van der Waals surface area contributed by atoms with E-state index in [1.54, 1.807) is 6.07 Å². The van der Waals surface area contributed by atoms with Crippen LogP contribution in [-0.4, -0.2) is 104 Å². The van der Waals surface area contributed by atoms with Crippen molar-refractivity contribution < 1.29 is 56.2 Å². The Morgan fingerprint density at radius 1 is 0.769 bits per heavy atom. The molecule has 0 atom stereocenters. The number of rotatable bonds is 26. The summed E-state index contributed by atoms with van der Waals surface area (Å²) in [6.45, 7) is 14.0. The number of aryl methyl sites for hydroxylation is 1. The van der Waals surface area contributed by atoms with Gasteiger partial charge in [0.15, 0.2) is 5.71 Å². The monoisotopic (exact) mass is 919 g/mol. The first-order chi connectivity index (χ1) is 30.8. The molecule has 5 rings (SSSR count). The largest absolute Gasteiger partial charge is 0.481 e. The molecule has 0 saturated heterocycles. The molecule has 0 spiro atoms. The highest BCUT2D eigenvalue weighted by atomic mass is 32.2. The molecule has 2 N–H and O–H groups in total. The van der Waals surface area contributed by atoms with Crippen LogP contribution in [0.1, 0.15) is 75.6 Å². The van der Waals surface area contributed by atoms with Crippen LogP contribution in [0.4, 0.5) is 22.7 Å². The number of non-ortho nitro benzene ring substituents is 2. The van der Waals surface area contributed by atoms with Crippen molar-refractivity contribution in [3.63, 3.8) is 0 Å². The lowest BCUT2D eigenvalue weighted by molar-refractivity contribution is -0.438. The molecule has 18 heteroatoms. The van der Waals surface area contributed by atoms with E-state index < -0.39 is 31.3 Å². The number of nitrogens with zero attached hydrogens (tertiary/aromatic N) is 4. The Hall–Kier alpha value is -5.63. The zero-order chi connectivity index (χ0) is 47.4. The number of ether oxygens (including phenoxy) is 4. The van der Waals surface area contributed by atoms with Crippen molar-refractivity contribution in [2.24, 2.45) is 0 Å². The van der Waals surface area contributed by atoms with Crippen LogP contribution in [0, 0.1) is 27.2 Å². The van der Waals surface area contributed by atoms with Crippen LogP contribution in [-0.2, 0) is 51.3 Å². The van der Waals surface area contributed by atoms with Gasteiger partial charge in [0.2, 0.25) is 5.69 Å². The smallest absolute Gasteiger partial charge is 0.303 e. The number of carbonyl (C=O) groups is 1. The van der Waals surface area contributed by atoms with Crippen LogP contribution in [0.25, 0.3) is 0 Å². The van der Waals surface area contributed by atoms with Gasteiger partial charge in [0.25, 0.3) is 21.5 Å². The van der Waals surface area contributed by atoms with Crippen molar-refractivity contribution in [3.05, 3.63) is 133 Å². The summed E-state index contributed by atoms with van der Waals surface area (Å²) >= 11 is 0. The summed E-state index contributed by atoms with van der Waals surface area (Å²) in [6.07, 6.45) is 12.2. The average Bonchev–Trinajstić information content (AvgIpc) is 3.58. The molecule has 0 radical (unpaired) electrons. The molecular weight excluding hydrogens is 861 g/mol. The first kappa shape index (κ1) is 50.4. The fourth-order valence-corrected chi connectivity index (χ4v) is 8.63. The second kappa shape index (κ2) is 22.5. The lowest BCUT2D eigenvalue weighted by atomic mass is 9.81. The summed E-state index contributed by atoms with van der Waals surface area (Å²) in [5.74, 6) is -0.825. The topological polar surface area (TPSA) is 221 Å². The molecule has 2 aliphatic rings. The van der Waals surface area contributed by atoms with Gasteiger partial charge in [-0.3, -0.25) is 29.6 Å². The summed E-state index contributed by atoms with van der Waals surface area (Å²) in [5, 5.41) is 31.3. The zero-order valence-corrected chi connectivity index (χ0v) is 38.4. The van der Waals surface area contributed by atoms with Crippen LogP contribution in [0.2, 0.25) is 0 Å². The van der Waals surface area contributed by atoms with Crippen LogP contribution in [0.3, 0.4) is 0 Å². The predicted octanol–water partition coefficient (Wildman–Crippen LogP) is 8.14. The van der Waals surface area contributed by atoms with E-state index in [4.69, 9.17) is 24.1 Å². The van der Waals surface area contributed by atoms with Crippen molar-refractivity contribution in [2.75, 3.05) is 64.2 Å². The second-order valence-electron chi connectivity index (χ2n) is 16.9. The first-order valence-corrected chi connectivity index (χ1v) is 22.9. The van der Waals surface area contributed by atoms with Crippen molar-refractivity contribution in [1.29, 1.82) is 0 Å². The van der Waals surface area contributed by atoms with E-state index in [1.807, 2.05) is 38.2 Å². The molecule has 0 aromatic heterocycles. The number of carboxylic acid groups (broad SMARTS) is 1. The molecule has 0 bridgehead atoms. The van der Waals surface area contributed by atoms with Crippen molar-refractivity contribution in [2.45, 2.75) is 82.6 Å². The van der Waals surface area contributed by atoms with Crippen molar-refractivity contribution >= 4 is 44.5 Å². The molecule has 2 aliphatic heterocycles. The molecule has 2 heterocycles. The molecule has 0 saturated carbocycles. The molecule has 0 aliphatic carbocycles. The quantitative estimate of drug-likeness (QED) is 0.0194. The standard InChI is InChI=1S/C47H58N4O13S/c1-34-15-17-41-39(28-34)46(2,3)44(49(41)20-21-61-22-23-62-24-25-63-26-27-64-33-35-29-36(50(54)55)31-37(30-35)51(56)57)13-9-6-8-12-43-47(4,5)40-32-38(65(58,59)60)16-18-42(40)48(43)19-11-7-10-14-45(52)53/h6,8-9,12-13,15-18,28-32H,7,10-11,14,19-27,33H2,1-5H3,(H-,52,53,58,59,60)/p+1. The highest BCUT2D eigenvalue weighted by Crippen LogP contribution is 2.48. The maximum Gasteiger partial charge on any atom is 0.303 e. The Balaban J connectivity index is 1.13. The number of hydrogen-bond acceptors (Lipinski definition) is 12. The lowest BCUT2D eigenvalue weighted by Crippen LogP contribution is -2.29. The van der Waals surface area contributed by atoms with Gasteiger partial charge in [-0.15, -0.1) is 0 Å². The molecule has 17 nitrogen and oxygen atoms in total. The van der Waals surface area contributed by atoms with Crippen LogP contribution >= 0.6 is 0 Å². The highest BCUT2D eigenvalue weighted by Gasteiger charge is 2.45. The van der Waals surface area contributed by atoms with Gasteiger partial charge >= 0.3 is 5.97 Å². The minimum atomic E-state index is -4.40. The van der Waals surface area contributed by atoms with Crippen molar-refractivity contribution in [1.82, 2.24) is 0 Å². The van der Waals surface area contributed by atoms with Gasteiger partial charge in [-0.05, 0) is 69.0 Å². The predicted molar refractivity (Wildman–Crippen MR) is 245 cm³/mol. The number of anilines is 1. The molecular formula is C47H59N4O13S+. The molecule has 3 aromatic carbocycles. The maximum atomic E-state index is 12.1. The van der Waals surface area contributed by atoms with E-state index in [-0.39, 0.29) is 47.9 Å². The first-order valence-electron chi connectivity index (χ1n) is 21.5. The van der Waals surface area contributed by atoms with Crippen LogP contribution in [0.15, 0.2) is 95.6 Å². The Morgan fingerprint density at radius 3 is 2.02 bits per heavy atom. The third-order valence-corrected chi connectivity index (χ3v) is 12.3. The van der Waals surface area contributed by atoms with E-state index in [1.165, 1.54) is 35.4 Å². The van der Waals surface area contributed by atoms with E-state index >= 15 is 0 Å². The number of nitro groups is 2. The van der Waals surface area contributed by atoms with Gasteiger partial charge in [0.1, 0.15) is 6.54 Å². The minimum Gasteiger partial charge on any atom is -0.481 e. The lowest BCUT2D eigenvalue weighted by Gasteiger charge is -2.27. The van der Waals surface area contributed by atoms with E-state index in [0.29, 0.717) is 58.1 Å². The second-order valence-corrected chi connectivity index (χ2v) is 18.3. The van der Waals surface area contributed by atoms with Gasteiger partial charge in [-0.25, -0.2) is 0 Å². The third kappa shape index (κ3) is 13.2. The Labute approximate surface area is 379 Å². The summed E-state index contributed by atoms with van der Waals surface area (Å²) in [6, 6.07) is 14.5.